The average Bonchev–Trinajstić information content (AvgIpc) is 2.81. The normalized spacial score (nSPS) is 27.3. The van der Waals surface area contributed by atoms with E-state index in [1.807, 2.05) is 0 Å². The summed E-state index contributed by atoms with van der Waals surface area (Å²) >= 11 is 0. The van der Waals surface area contributed by atoms with Gasteiger partial charge in [0.25, 0.3) is 0 Å². The van der Waals surface area contributed by atoms with Crippen LogP contribution in [-0.4, -0.2) is 53.7 Å². The van der Waals surface area contributed by atoms with Gasteiger partial charge in [-0.3, -0.25) is 0 Å². The molecular weight excluding hydrogens is 180 g/mol. The van der Waals surface area contributed by atoms with E-state index in [0.29, 0.717) is 19.1 Å². The van der Waals surface area contributed by atoms with E-state index in [-0.39, 0.29) is 0 Å². The molecule has 2 rings (SSSR count). The fourth-order valence-corrected chi connectivity index (χ4v) is 2.13. The second-order valence-electron chi connectivity index (χ2n) is 4.55. The maximum absolute atomic E-state index is 10.7. The SMILES string of the molecule is CN(CC1CC1)C1CCN(C(=O)O)C1. The lowest BCUT2D eigenvalue weighted by molar-refractivity contribution is 0.150. The molecule has 0 aromatic rings. The molecule has 1 N–H and O–H groups in total. The lowest BCUT2D eigenvalue weighted by Crippen LogP contribution is -2.37. The van der Waals surface area contributed by atoms with E-state index in [1.54, 1.807) is 0 Å². The molecule has 2 fully saturated rings. The molecule has 1 heterocycles. The minimum atomic E-state index is -0.771. The molecule has 0 spiro atoms. The number of hydrogen-bond donors (Lipinski definition) is 1. The van der Waals surface area contributed by atoms with Crippen molar-refractivity contribution in [2.24, 2.45) is 5.92 Å². The lowest BCUT2D eigenvalue weighted by atomic mass is 10.2. The number of rotatable bonds is 3. The van der Waals surface area contributed by atoms with Crippen LogP contribution in [0.3, 0.4) is 0 Å². The Bertz CT molecular complexity index is 228. The summed E-state index contributed by atoms with van der Waals surface area (Å²) in [6.45, 7) is 2.55. The van der Waals surface area contributed by atoms with Gasteiger partial charge in [-0.1, -0.05) is 0 Å². The number of carboxylic acid groups (broad SMARTS) is 1. The molecule has 80 valence electrons. The second kappa shape index (κ2) is 3.77. The third-order valence-corrected chi connectivity index (χ3v) is 3.30. The van der Waals surface area contributed by atoms with Gasteiger partial charge in [-0.05, 0) is 32.2 Å². The Morgan fingerprint density at radius 3 is 2.71 bits per heavy atom. The van der Waals surface area contributed by atoms with Crippen LogP contribution in [0.5, 0.6) is 0 Å². The van der Waals surface area contributed by atoms with Gasteiger partial charge in [0, 0.05) is 25.7 Å². The zero-order valence-electron chi connectivity index (χ0n) is 8.65. The van der Waals surface area contributed by atoms with Crippen LogP contribution >= 0.6 is 0 Å². The van der Waals surface area contributed by atoms with E-state index in [9.17, 15) is 4.79 Å². The molecular formula is C10H18N2O2. The first-order valence-electron chi connectivity index (χ1n) is 5.35. The largest absolute Gasteiger partial charge is 0.465 e. The highest BCUT2D eigenvalue weighted by molar-refractivity contribution is 5.65. The highest BCUT2D eigenvalue weighted by Gasteiger charge is 2.31. The van der Waals surface area contributed by atoms with E-state index in [1.165, 1.54) is 17.7 Å². The first kappa shape index (κ1) is 9.77. The summed E-state index contributed by atoms with van der Waals surface area (Å²) in [6, 6.07) is 0.451. The van der Waals surface area contributed by atoms with E-state index in [4.69, 9.17) is 5.11 Å². The monoisotopic (exact) mass is 198 g/mol. The molecule has 1 amide bonds. The van der Waals surface area contributed by atoms with Crippen molar-refractivity contribution in [3.8, 4) is 0 Å². The highest BCUT2D eigenvalue weighted by atomic mass is 16.4. The number of likely N-dealkylation sites (tertiary alicyclic amines) is 1. The molecule has 1 aliphatic carbocycles. The molecule has 1 atom stereocenters. The van der Waals surface area contributed by atoms with Crippen molar-refractivity contribution in [3.05, 3.63) is 0 Å². The molecule has 1 aliphatic heterocycles. The van der Waals surface area contributed by atoms with E-state index in [0.717, 1.165) is 18.9 Å². The lowest BCUT2D eigenvalue weighted by Gasteiger charge is -2.23. The van der Waals surface area contributed by atoms with Gasteiger partial charge in [0.15, 0.2) is 0 Å². The maximum Gasteiger partial charge on any atom is 0.407 e. The highest BCUT2D eigenvalue weighted by Crippen LogP contribution is 2.30. The standard InChI is InChI=1S/C10H18N2O2/c1-11(6-8-2-3-8)9-4-5-12(7-9)10(13)14/h8-9H,2-7H2,1H3,(H,13,14). The average molecular weight is 198 g/mol. The van der Waals surface area contributed by atoms with Crippen molar-refractivity contribution in [2.75, 3.05) is 26.7 Å². The molecule has 4 nitrogen and oxygen atoms in total. The Kier molecular flexibility index (Phi) is 2.63. The van der Waals surface area contributed by atoms with Gasteiger partial charge < -0.3 is 14.9 Å². The Labute approximate surface area is 84.5 Å². The van der Waals surface area contributed by atoms with E-state index in [2.05, 4.69) is 11.9 Å². The number of amides is 1. The molecule has 0 aromatic heterocycles. The summed E-state index contributed by atoms with van der Waals surface area (Å²) in [6.07, 6.45) is 2.95. The van der Waals surface area contributed by atoms with Gasteiger partial charge in [-0.2, -0.15) is 0 Å². The number of nitrogens with zero attached hydrogens (tertiary/aromatic N) is 2. The molecule has 4 heteroatoms. The third kappa shape index (κ3) is 2.18. The van der Waals surface area contributed by atoms with Crippen molar-refractivity contribution in [1.29, 1.82) is 0 Å². The van der Waals surface area contributed by atoms with Gasteiger partial charge >= 0.3 is 6.09 Å². The fraction of sp³-hybridized carbons (Fsp3) is 0.900. The van der Waals surface area contributed by atoms with Crippen LogP contribution in [0.4, 0.5) is 4.79 Å². The van der Waals surface area contributed by atoms with E-state index >= 15 is 0 Å². The summed E-state index contributed by atoms with van der Waals surface area (Å²) in [7, 11) is 2.12. The first-order chi connectivity index (χ1) is 6.66. The van der Waals surface area contributed by atoms with Crippen molar-refractivity contribution >= 4 is 6.09 Å². The van der Waals surface area contributed by atoms with Crippen molar-refractivity contribution < 1.29 is 9.90 Å². The van der Waals surface area contributed by atoms with Gasteiger partial charge in [-0.15, -0.1) is 0 Å². The zero-order chi connectivity index (χ0) is 10.1. The molecule has 0 radical (unpaired) electrons. The minimum Gasteiger partial charge on any atom is -0.465 e. The van der Waals surface area contributed by atoms with Crippen molar-refractivity contribution in [2.45, 2.75) is 25.3 Å². The number of carbonyl (C=O) groups is 1. The molecule has 1 saturated carbocycles. The summed E-state index contributed by atoms with van der Waals surface area (Å²) < 4.78 is 0. The summed E-state index contributed by atoms with van der Waals surface area (Å²) in [5.74, 6) is 0.888. The number of likely N-dealkylation sites (N-methyl/N-ethyl adjacent to an activating group) is 1. The molecule has 0 aromatic carbocycles. The number of hydrogen-bond acceptors (Lipinski definition) is 2. The summed E-state index contributed by atoms with van der Waals surface area (Å²) in [5.41, 5.74) is 0. The predicted molar refractivity (Wildman–Crippen MR) is 53.4 cm³/mol. The van der Waals surface area contributed by atoms with Crippen LogP contribution in [0, 0.1) is 5.92 Å². The Balaban J connectivity index is 1.78. The van der Waals surface area contributed by atoms with Gasteiger partial charge in [-0.25, -0.2) is 4.79 Å². The Morgan fingerprint density at radius 2 is 2.21 bits per heavy atom. The minimum absolute atomic E-state index is 0.451. The Hall–Kier alpha value is -0.770. The smallest absolute Gasteiger partial charge is 0.407 e. The predicted octanol–water partition coefficient (Wildman–Crippen LogP) is 1.08. The second-order valence-corrected chi connectivity index (χ2v) is 4.55. The first-order valence-corrected chi connectivity index (χ1v) is 5.35. The molecule has 14 heavy (non-hydrogen) atoms. The fourth-order valence-electron chi connectivity index (χ4n) is 2.13. The zero-order valence-corrected chi connectivity index (χ0v) is 8.65. The van der Waals surface area contributed by atoms with Gasteiger partial charge in [0.1, 0.15) is 0 Å². The molecule has 0 bridgehead atoms. The van der Waals surface area contributed by atoms with Gasteiger partial charge in [0.2, 0.25) is 0 Å². The van der Waals surface area contributed by atoms with Crippen LogP contribution < -0.4 is 0 Å². The van der Waals surface area contributed by atoms with Gasteiger partial charge in [0.05, 0.1) is 0 Å². The molecule has 1 unspecified atom stereocenters. The molecule has 1 saturated heterocycles. The van der Waals surface area contributed by atoms with Crippen LogP contribution in [0.2, 0.25) is 0 Å². The Morgan fingerprint density at radius 1 is 1.50 bits per heavy atom. The maximum atomic E-state index is 10.7. The topological polar surface area (TPSA) is 43.8 Å². The third-order valence-electron chi connectivity index (χ3n) is 3.30. The summed E-state index contributed by atoms with van der Waals surface area (Å²) in [4.78, 5) is 14.6. The van der Waals surface area contributed by atoms with Crippen LogP contribution in [0.1, 0.15) is 19.3 Å². The quantitative estimate of drug-likeness (QED) is 0.738. The van der Waals surface area contributed by atoms with Crippen LogP contribution in [0.25, 0.3) is 0 Å². The summed E-state index contributed by atoms with van der Waals surface area (Å²) in [5, 5.41) is 8.81. The van der Waals surface area contributed by atoms with E-state index < -0.39 is 6.09 Å². The van der Waals surface area contributed by atoms with Crippen LogP contribution in [0.15, 0.2) is 0 Å². The molecule has 2 aliphatic rings. The van der Waals surface area contributed by atoms with Crippen molar-refractivity contribution in [1.82, 2.24) is 9.80 Å². The van der Waals surface area contributed by atoms with Crippen LogP contribution in [-0.2, 0) is 0 Å². The van der Waals surface area contributed by atoms with Crippen molar-refractivity contribution in [3.63, 3.8) is 0 Å².